The van der Waals surface area contributed by atoms with Crippen LogP contribution in [0.25, 0.3) is 0 Å². The van der Waals surface area contributed by atoms with Crippen molar-refractivity contribution in [2.24, 2.45) is 5.41 Å². The van der Waals surface area contributed by atoms with Crippen molar-refractivity contribution in [3.05, 3.63) is 34.9 Å². The van der Waals surface area contributed by atoms with Gasteiger partial charge in [-0.3, -0.25) is 4.79 Å². The van der Waals surface area contributed by atoms with Crippen molar-refractivity contribution in [2.75, 3.05) is 26.3 Å². The maximum atomic E-state index is 12.3. The number of carbonyl (C=O) groups excluding carboxylic acids is 1. The number of hydrogen-bond acceptors (Lipinski definition) is 3. The summed E-state index contributed by atoms with van der Waals surface area (Å²) in [5.41, 5.74) is 3.40. The lowest BCUT2D eigenvalue weighted by molar-refractivity contribution is -0.0978. The number of nitrogens with one attached hydrogen (secondary N) is 2. The van der Waals surface area contributed by atoms with Gasteiger partial charge >= 0.3 is 0 Å². The molecule has 3 rings (SSSR count). The third-order valence-electron chi connectivity index (χ3n) is 3.96. The van der Waals surface area contributed by atoms with Gasteiger partial charge < -0.3 is 15.4 Å². The molecule has 4 heteroatoms. The molecule has 1 amide bonds. The van der Waals surface area contributed by atoms with Gasteiger partial charge in [-0.15, -0.1) is 0 Å². The Bertz CT molecular complexity index is 495. The van der Waals surface area contributed by atoms with Crippen LogP contribution in [0.5, 0.6) is 0 Å². The summed E-state index contributed by atoms with van der Waals surface area (Å²) < 4.78 is 5.21. The van der Waals surface area contributed by atoms with Gasteiger partial charge in [-0.05, 0) is 30.2 Å². The molecule has 0 spiro atoms. The minimum absolute atomic E-state index is 0.0480. The molecule has 4 nitrogen and oxygen atoms in total. The summed E-state index contributed by atoms with van der Waals surface area (Å²) >= 11 is 0. The Morgan fingerprint density at radius 2 is 2.32 bits per heavy atom. The Balaban J connectivity index is 1.72. The van der Waals surface area contributed by atoms with E-state index in [1.807, 2.05) is 12.1 Å². The van der Waals surface area contributed by atoms with Crippen LogP contribution >= 0.6 is 0 Å². The summed E-state index contributed by atoms with van der Waals surface area (Å²) in [6, 6.07) is 5.99. The summed E-state index contributed by atoms with van der Waals surface area (Å²) in [4.78, 5) is 12.3. The van der Waals surface area contributed by atoms with Crippen molar-refractivity contribution in [1.29, 1.82) is 0 Å². The molecule has 1 aromatic rings. The van der Waals surface area contributed by atoms with E-state index < -0.39 is 0 Å². The zero-order valence-electron chi connectivity index (χ0n) is 11.3. The molecule has 0 radical (unpaired) electrons. The van der Waals surface area contributed by atoms with Crippen LogP contribution in [0.3, 0.4) is 0 Å². The molecule has 0 unspecified atom stereocenters. The minimum atomic E-state index is 0.0480. The lowest BCUT2D eigenvalue weighted by Gasteiger charge is -2.38. The van der Waals surface area contributed by atoms with Gasteiger partial charge in [0.25, 0.3) is 5.91 Å². The van der Waals surface area contributed by atoms with Gasteiger partial charge in [0.1, 0.15) is 0 Å². The van der Waals surface area contributed by atoms with Gasteiger partial charge in [0.15, 0.2) is 0 Å². The lowest BCUT2D eigenvalue weighted by atomic mass is 9.88. The molecular weight excluding hydrogens is 240 g/mol. The number of amides is 1. The standard InChI is InChI=1S/C15H20N2O2/c1-15(9-19-10-15)8-17-14(18)13-4-2-3-11-7-16-6-5-12(11)13/h2-4,16H,5-10H2,1H3,(H,17,18). The third-order valence-corrected chi connectivity index (χ3v) is 3.96. The topological polar surface area (TPSA) is 50.4 Å². The second kappa shape index (κ2) is 4.94. The average molecular weight is 260 g/mol. The fourth-order valence-electron chi connectivity index (χ4n) is 2.69. The molecule has 0 atom stereocenters. The van der Waals surface area contributed by atoms with Crippen LogP contribution in [-0.2, 0) is 17.7 Å². The number of carbonyl (C=O) groups is 1. The third kappa shape index (κ3) is 2.51. The van der Waals surface area contributed by atoms with Crippen LogP contribution in [0.2, 0.25) is 0 Å². The largest absolute Gasteiger partial charge is 0.380 e. The average Bonchev–Trinajstić information content (AvgIpc) is 2.42. The van der Waals surface area contributed by atoms with Gasteiger partial charge in [0.2, 0.25) is 0 Å². The lowest BCUT2D eigenvalue weighted by Crippen LogP contribution is -2.48. The Morgan fingerprint density at radius 3 is 3.05 bits per heavy atom. The van der Waals surface area contributed by atoms with Crippen molar-refractivity contribution in [2.45, 2.75) is 19.9 Å². The molecular formula is C15H20N2O2. The van der Waals surface area contributed by atoms with E-state index in [1.54, 1.807) is 0 Å². The van der Waals surface area contributed by atoms with Crippen LogP contribution in [-0.4, -0.2) is 32.2 Å². The quantitative estimate of drug-likeness (QED) is 0.855. The highest BCUT2D eigenvalue weighted by molar-refractivity contribution is 5.96. The minimum Gasteiger partial charge on any atom is -0.380 e. The second-order valence-electron chi connectivity index (χ2n) is 5.86. The van der Waals surface area contributed by atoms with Crippen molar-refractivity contribution in [3.63, 3.8) is 0 Å². The first-order valence-electron chi connectivity index (χ1n) is 6.85. The SMILES string of the molecule is CC1(CNC(=O)c2cccc3c2CCNC3)COC1. The number of fused-ring (bicyclic) bond motifs is 1. The number of hydrogen-bond donors (Lipinski definition) is 2. The van der Waals surface area contributed by atoms with E-state index in [4.69, 9.17) is 4.74 Å². The molecule has 0 aliphatic carbocycles. The van der Waals surface area contributed by atoms with Crippen LogP contribution < -0.4 is 10.6 Å². The molecule has 102 valence electrons. The summed E-state index contributed by atoms with van der Waals surface area (Å²) in [5.74, 6) is 0.0480. The van der Waals surface area contributed by atoms with Gasteiger partial charge in [-0.25, -0.2) is 0 Å². The molecule has 2 heterocycles. The van der Waals surface area contributed by atoms with Gasteiger partial charge in [0, 0.05) is 24.1 Å². The Kier molecular flexibility index (Phi) is 3.29. The van der Waals surface area contributed by atoms with E-state index in [0.29, 0.717) is 6.54 Å². The first-order chi connectivity index (χ1) is 9.18. The molecule has 0 bridgehead atoms. The normalized spacial score (nSPS) is 20.3. The van der Waals surface area contributed by atoms with E-state index in [2.05, 4.69) is 23.6 Å². The molecule has 1 fully saturated rings. The fourth-order valence-corrected chi connectivity index (χ4v) is 2.69. The molecule has 2 aliphatic rings. The van der Waals surface area contributed by atoms with Gasteiger partial charge in [-0.1, -0.05) is 19.1 Å². The Morgan fingerprint density at radius 1 is 1.47 bits per heavy atom. The monoisotopic (exact) mass is 260 g/mol. The van der Waals surface area contributed by atoms with E-state index in [-0.39, 0.29) is 11.3 Å². The van der Waals surface area contributed by atoms with Crippen LogP contribution in [0, 0.1) is 5.41 Å². The maximum Gasteiger partial charge on any atom is 0.251 e. The highest BCUT2D eigenvalue weighted by atomic mass is 16.5. The molecule has 0 saturated carbocycles. The van der Waals surface area contributed by atoms with Gasteiger partial charge in [-0.2, -0.15) is 0 Å². The number of rotatable bonds is 3. The highest BCUT2D eigenvalue weighted by Crippen LogP contribution is 2.25. The number of benzene rings is 1. The summed E-state index contributed by atoms with van der Waals surface area (Å²) in [7, 11) is 0. The molecule has 1 aromatic carbocycles. The molecule has 0 aromatic heterocycles. The van der Waals surface area contributed by atoms with Gasteiger partial charge in [0.05, 0.1) is 13.2 Å². The van der Waals surface area contributed by atoms with Crippen molar-refractivity contribution < 1.29 is 9.53 Å². The van der Waals surface area contributed by atoms with E-state index in [9.17, 15) is 4.79 Å². The summed E-state index contributed by atoms with van der Waals surface area (Å²) in [6.07, 6.45) is 0.930. The summed E-state index contributed by atoms with van der Waals surface area (Å²) in [5, 5.41) is 6.39. The van der Waals surface area contributed by atoms with Crippen LogP contribution in [0.4, 0.5) is 0 Å². The molecule has 2 N–H and O–H groups in total. The van der Waals surface area contributed by atoms with E-state index in [1.165, 1.54) is 11.1 Å². The van der Waals surface area contributed by atoms with Crippen molar-refractivity contribution >= 4 is 5.91 Å². The first kappa shape index (κ1) is 12.6. The van der Waals surface area contributed by atoms with Crippen LogP contribution in [0.1, 0.15) is 28.4 Å². The fraction of sp³-hybridized carbons (Fsp3) is 0.533. The Labute approximate surface area is 113 Å². The maximum absolute atomic E-state index is 12.3. The highest BCUT2D eigenvalue weighted by Gasteiger charge is 2.33. The molecule has 1 saturated heterocycles. The van der Waals surface area contributed by atoms with Crippen LogP contribution in [0.15, 0.2) is 18.2 Å². The zero-order chi connectivity index (χ0) is 13.3. The van der Waals surface area contributed by atoms with Crippen molar-refractivity contribution in [3.8, 4) is 0 Å². The Hall–Kier alpha value is -1.39. The van der Waals surface area contributed by atoms with E-state index in [0.717, 1.165) is 38.3 Å². The second-order valence-corrected chi connectivity index (χ2v) is 5.86. The zero-order valence-corrected chi connectivity index (χ0v) is 11.3. The predicted octanol–water partition coefficient (Wildman–Crippen LogP) is 1.10. The summed E-state index contributed by atoms with van der Waals surface area (Å²) in [6.45, 7) is 6.12. The first-order valence-corrected chi connectivity index (χ1v) is 6.85. The molecule has 19 heavy (non-hydrogen) atoms. The number of ether oxygens (including phenoxy) is 1. The van der Waals surface area contributed by atoms with Crippen molar-refractivity contribution in [1.82, 2.24) is 10.6 Å². The predicted molar refractivity (Wildman–Crippen MR) is 73.1 cm³/mol. The molecule has 2 aliphatic heterocycles. The van der Waals surface area contributed by atoms with E-state index >= 15 is 0 Å². The smallest absolute Gasteiger partial charge is 0.251 e.